The van der Waals surface area contributed by atoms with E-state index in [9.17, 15) is 4.79 Å². The highest BCUT2D eigenvalue weighted by atomic mass is 16.4. The Bertz CT molecular complexity index is 1230. The summed E-state index contributed by atoms with van der Waals surface area (Å²) in [5.74, 6) is 0.587. The maximum atomic E-state index is 13.0. The fraction of sp³-hybridized carbons (Fsp3) is 0.517. The fourth-order valence-electron chi connectivity index (χ4n) is 5.77. The van der Waals surface area contributed by atoms with Crippen LogP contribution < -0.4 is 10.2 Å². The zero-order valence-electron chi connectivity index (χ0n) is 23.0. The number of carbonyl (C=O) groups excluding carboxylic acids is 1. The highest BCUT2D eigenvalue weighted by Crippen LogP contribution is 2.29. The van der Waals surface area contributed by atoms with Crippen LogP contribution in [0.25, 0.3) is 11.6 Å². The van der Waals surface area contributed by atoms with E-state index in [1.807, 2.05) is 49.1 Å². The maximum absolute atomic E-state index is 13.0. The lowest BCUT2D eigenvalue weighted by Gasteiger charge is -2.48. The number of hydrogen-bond acceptors (Lipinski definition) is 8. The smallest absolute Gasteiger partial charge is 0.315 e. The van der Waals surface area contributed by atoms with E-state index >= 15 is 0 Å². The minimum Gasteiger partial charge on any atom is -0.402 e. The first-order chi connectivity index (χ1) is 18.5. The molecular weight excluding hydrogens is 478 g/mol. The molecule has 1 aromatic carbocycles. The van der Waals surface area contributed by atoms with Crippen molar-refractivity contribution in [3.05, 3.63) is 53.2 Å². The topological polar surface area (TPSA) is 90.6 Å². The third-order valence-electron chi connectivity index (χ3n) is 7.89. The molecule has 2 saturated heterocycles. The minimum atomic E-state index is 0.158. The molecule has 38 heavy (non-hydrogen) atoms. The molecule has 0 saturated carbocycles. The molecule has 1 atom stereocenters. The average molecular weight is 518 g/mol. The molecule has 0 spiro atoms. The maximum Gasteiger partial charge on any atom is 0.315 e. The van der Waals surface area contributed by atoms with Crippen molar-refractivity contribution in [2.24, 2.45) is 0 Å². The minimum absolute atomic E-state index is 0.158. The number of hydrogen-bond donors (Lipinski definition) is 1. The van der Waals surface area contributed by atoms with Gasteiger partial charge in [0, 0.05) is 56.9 Å². The van der Waals surface area contributed by atoms with E-state index in [1.165, 1.54) is 5.56 Å². The monoisotopic (exact) mass is 517 g/mol. The summed E-state index contributed by atoms with van der Waals surface area (Å²) in [6.07, 6.45) is 3.16. The van der Waals surface area contributed by atoms with Gasteiger partial charge in [-0.05, 0) is 64.3 Å². The average Bonchev–Trinajstić information content (AvgIpc) is 3.42. The van der Waals surface area contributed by atoms with Crippen LogP contribution >= 0.6 is 0 Å². The zero-order valence-corrected chi connectivity index (χ0v) is 23.0. The Kier molecular flexibility index (Phi) is 7.93. The predicted octanol–water partition coefficient (Wildman–Crippen LogP) is 4.39. The van der Waals surface area contributed by atoms with E-state index in [0.29, 0.717) is 29.7 Å². The Balaban J connectivity index is 1.19. The number of piperazine rings is 1. The standard InChI is InChI=1S/C29H39N7O2/c1-5-23-19-35(26-12-11-25(31-21(26)4)27-32-33-29(38-27)30-6-2)17-18-36(23)24-13-15-34(16-14-24)28(37)22-9-7-20(3)8-10-22/h7-12,23-24H,5-6,13-19H2,1-4H3,(H,30,33)/t23-/m0/s1. The summed E-state index contributed by atoms with van der Waals surface area (Å²) in [5, 5.41) is 11.2. The SMILES string of the molecule is CCNc1nnc(-c2ccc(N3CCN(C4CCN(C(=O)c5ccc(C)cc5)CC4)[C@@H](CC)C3)c(C)n2)o1. The summed E-state index contributed by atoms with van der Waals surface area (Å²) in [7, 11) is 0. The van der Waals surface area contributed by atoms with Gasteiger partial charge in [0.1, 0.15) is 5.69 Å². The van der Waals surface area contributed by atoms with Gasteiger partial charge in [-0.15, -0.1) is 5.10 Å². The van der Waals surface area contributed by atoms with Gasteiger partial charge in [0.2, 0.25) is 0 Å². The molecule has 9 heteroatoms. The van der Waals surface area contributed by atoms with Crippen LogP contribution in [0.2, 0.25) is 0 Å². The Hall–Kier alpha value is -3.46. The molecule has 9 nitrogen and oxygen atoms in total. The molecule has 3 aromatic rings. The van der Waals surface area contributed by atoms with Gasteiger partial charge in [-0.3, -0.25) is 9.69 Å². The lowest BCUT2D eigenvalue weighted by molar-refractivity contribution is 0.0491. The van der Waals surface area contributed by atoms with Crippen LogP contribution in [0.1, 0.15) is 54.7 Å². The molecule has 202 valence electrons. The number of piperidine rings is 1. The number of aryl methyl sites for hydroxylation is 2. The second kappa shape index (κ2) is 11.5. The first kappa shape index (κ1) is 26.2. The Morgan fingerprint density at radius 1 is 1.00 bits per heavy atom. The molecule has 1 amide bonds. The van der Waals surface area contributed by atoms with Crippen LogP contribution in [0.5, 0.6) is 0 Å². The molecule has 1 N–H and O–H groups in total. The quantitative estimate of drug-likeness (QED) is 0.494. The van der Waals surface area contributed by atoms with Gasteiger partial charge in [0.15, 0.2) is 0 Å². The van der Waals surface area contributed by atoms with E-state index in [2.05, 4.69) is 45.2 Å². The number of nitrogens with zero attached hydrogens (tertiary/aromatic N) is 6. The van der Waals surface area contributed by atoms with Crippen LogP contribution in [-0.4, -0.2) is 82.2 Å². The number of rotatable bonds is 7. The van der Waals surface area contributed by atoms with E-state index in [1.54, 1.807) is 0 Å². The van der Waals surface area contributed by atoms with Gasteiger partial charge in [0.25, 0.3) is 11.8 Å². The first-order valence-corrected chi connectivity index (χ1v) is 13.9. The van der Waals surface area contributed by atoms with Crippen molar-refractivity contribution in [2.75, 3.05) is 49.5 Å². The molecule has 4 heterocycles. The van der Waals surface area contributed by atoms with Crippen molar-refractivity contribution < 1.29 is 9.21 Å². The molecule has 5 rings (SSSR count). The Morgan fingerprint density at radius 3 is 2.45 bits per heavy atom. The van der Waals surface area contributed by atoms with Crippen molar-refractivity contribution in [2.45, 2.75) is 59.0 Å². The number of nitrogens with one attached hydrogen (secondary N) is 1. The van der Waals surface area contributed by atoms with Gasteiger partial charge in [-0.25, -0.2) is 4.98 Å². The summed E-state index contributed by atoms with van der Waals surface area (Å²) in [4.78, 5) is 25.0. The van der Waals surface area contributed by atoms with Crippen LogP contribution in [0.3, 0.4) is 0 Å². The first-order valence-electron chi connectivity index (χ1n) is 13.9. The van der Waals surface area contributed by atoms with Crippen molar-refractivity contribution in [1.82, 2.24) is 25.0 Å². The molecule has 0 radical (unpaired) electrons. The second-order valence-electron chi connectivity index (χ2n) is 10.4. The molecule has 2 aliphatic rings. The van der Waals surface area contributed by atoms with E-state index in [-0.39, 0.29) is 5.91 Å². The van der Waals surface area contributed by atoms with E-state index in [0.717, 1.165) is 75.5 Å². The number of aromatic nitrogens is 3. The van der Waals surface area contributed by atoms with Gasteiger partial charge in [-0.1, -0.05) is 29.7 Å². The fourth-order valence-corrected chi connectivity index (χ4v) is 5.77. The lowest BCUT2D eigenvalue weighted by atomic mass is 9.97. The van der Waals surface area contributed by atoms with Crippen molar-refractivity contribution in [3.8, 4) is 11.6 Å². The summed E-state index contributed by atoms with van der Waals surface area (Å²) < 4.78 is 5.68. The van der Waals surface area contributed by atoms with E-state index < -0.39 is 0 Å². The summed E-state index contributed by atoms with van der Waals surface area (Å²) in [6.45, 7) is 13.7. The van der Waals surface area contributed by atoms with Crippen LogP contribution in [0.4, 0.5) is 11.7 Å². The molecule has 0 unspecified atom stereocenters. The Morgan fingerprint density at radius 2 is 1.76 bits per heavy atom. The molecule has 2 aliphatic heterocycles. The molecule has 0 bridgehead atoms. The number of pyridine rings is 1. The van der Waals surface area contributed by atoms with Gasteiger partial charge in [0.05, 0.1) is 11.4 Å². The van der Waals surface area contributed by atoms with Gasteiger partial charge >= 0.3 is 6.01 Å². The van der Waals surface area contributed by atoms with Gasteiger partial charge < -0.3 is 19.5 Å². The molecule has 2 fully saturated rings. The third kappa shape index (κ3) is 5.53. The summed E-state index contributed by atoms with van der Waals surface area (Å²) in [5.41, 5.74) is 4.80. The molecule has 2 aromatic heterocycles. The Labute approximate surface area is 225 Å². The highest BCUT2D eigenvalue weighted by Gasteiger charge is 2.34. The highest BCUT2D eigenvalue weighted by molar-refractivity contribution is 5.94. The molecular formula is C29H39N7O2. The van der Waals surface area contributed by atoms with Crippen molar-refractivity contribution >= 4 is 17.6 Å². The predicted molar refractivity (Wildman–Crippen MR) is 150 cm³/mol. The summed E-state index contributed by atoms with van der Waals surface area (Å²) >= 11 is 0. The number of carbonyl (C=O) groups is 1. The van der Waals surface area contributed by atoms with Crippen LogP contribution in [0.15, 0.2) is 40.8 Å². The third-order valence-corrected chi connectivity index (χ3v) is 7.89. The van der Waals surface area contributed by atoms with Crippen molar-refractivity contribution in [1.29, 1.82) is 0 Å². The largest absolute Gasteiger partial charge is 0.402 e. The zero-order chi connectivity index (χ0) is 26.6. The second-order valence-corrected chi connectivity index (χ2v) is 10.4. The van der Waals surface area contributed by atoms with Crippen LogP contribution in [0, 0.1) is 13.8 Å². The number of likely N-dealkylation sites (tertiary alicyclic amines) is 1. The number of benzene rings is 1. The molecule has 0 aliphatic carbocycles. The number of amides is 1. The van der Waals surface area contributed by atoms with E-state index in [4.69, 9.17) is 9.40 Å². The van der Waals surface area contributed by atoms with Crippen LogP contribution in [-0.2, 0) is 0 Å². The number of anilines is 2. The van der Waals surface area contributed by atoms with Gasteiger partial charge in [-0.2, -0.15) is 0 Å². The van der Waals surface area contributed by atoms with Crippen molar-refractivity contribution in [3.63, 3.8) is 0 Å². The normalized spacial score (nSPS) is 19.1. The lowest BCUT2D eigenvalue weighted by Crippen LogP contribution is -2.58. The summed E-state index contributed by atoms with van der Waals surface area (Å²) in [6, 6.07) is 13.4.